The minimum atomic E-state index is -2.28. The zero-order valence-electron chi connectivity index (χ0n) is 35.6. The normalized spacial score (nSPS) is 33.0. The summed E-state index contributed by atoms with van der Waals surface area (Å²) in [6.45, 7) is 14.1. The van der Waals surface area contributed by atoms with Gasteiger partial charge in [0, 0.05) is 31.8 Å². The highest BCUT2D eigenvalue weighted by molar-refractivity contribution is 5.94. The fourth-order valence-corrected chi connectivity index (χ4v) is 9.85. The second-order valence-electron chi connectivity index (χ2n) is 18.0. The number of ketones is 1. The zero-order chi connectivity index (χ0) is 44.2. The van der Waals surface area contributed by atoms with Crippen molar-refractivity contribution < 1.29 is 67.7 Å². The van der Waals surface area contributed by atoms with Gasteiger partial charge in [0.1, 0.15) is 35.6 Å². The Morgan fingerprint density at radius 1 is 0.983 bits per heavy atom. The van der Waals surface area contributed by atoms with Gasteiger partial charge in [-0.05, 0) is 70.4 Å². The van der Waals surface area contributed by atoms with Gasteiger partial charge in [-0.2, -0.15) is 0 Å². The summed E-state index contributed by atoms with van der Waals surface area (Å²) in [7, 11) is 0. The summed E-state index contributed by atoms with van der Waals surface area (Å²) in [6.07, 6.45) is -10.5. The van der Waals surface area contributed by atoms with E-state index in [2.05, 4.69) is 5.32 Å². The molecule has 1 saturated heterocycles. The summed E-state index contributed by atoms with van der Waals surface area (Å²) < 4.78 is 36.2. The molecule has 4 N–H and O–H groups in total. The maximum Gasteiger partial charge on any atom is 0.408 e. The van der Waals surface area contributed by atoms with Gasteiger partial charge in [0.2, 0.25) is 0 Å². The molecule has 0 spiro atoms. The Balaban J connectivity index is 1.52. The van der Waals surface area contributed by atoms with Crippen LogP contribution in [0.5, 0.6) is 0 Å². The van der Waals surface area contributed by atoms with Gasteiger partial charge >= 0.3 is 24.0 Å². The number of ether oxygens (including phenoxy) is 6. The molecule has 2 bridgehead atoms. The van der Waals surface area contributed by atoms with Crippen molar-refractivity contribution in [3.05, 3.63) is 82.9 Å². The Morgan fingerprint density at radius 3 is 2.15 bits per heavy atom. The average Bonchev–Trinajstić information content (AvgIpc) is 3.17. The van der Waals surface area contributed by atoms with E-state index in [0.717, 1.165) is 0 Å². The lowest BCUT2D eigenvalue weighted by molar-refractivity contribution is -0.346. The number of aliphatic hydroxyl groups is 3. The topological polar surface area (TPSA) is 213 Å². The number of carbonyl (C=O) groups is 5. The number of Topliss-reactive ketones (excluding diaryl/α,β-unsaturated/α-hetero) is 1. The van der Waals surface area contributed by atoms with Crippen LogP contribution in [-0.2, 0) is 42.8 Å². The number of alkyl carbamates (subject to hydrolysis) is 1. The third-order valence-electron chi connectivity index (χ3n) is 12.9. The van der Waals surface area contributed by atoms with E-state index in [-0.39, 0.29) is 30.8 Å². The molecule has 326 valence electrons. The number of rotatable bonds is 10. The monoisotopic (exact) mass is 835 g/mol. The number of benzene rings is 2. The van der Waals surface area contributed by atoms with Crippen LogP contribution in [0, 0.1) is 16.7 Å². The summed E-state index contributed by atoms with van der Waals surface area (Å²) in [5.41, 5.74) is -7.26. The van der Waals surface area contributed by atoms with Crippen molar-refractivity contribution in [2.24, 2.45) is 16.7 Å². The molecule has 11 atom stereocenters. The number of fused-ring (bicyclic) bond motifs is 5. The number of hydrogen-bond acceptors (Lipinski definition) is 14. The highest BCUT2D eigenvalue weighted by atomic mass is 16.6. The molecule has 1 aliphatic heterocycles. The van der Waals surface area contributed by atoms with Crippen molar-refractivity contribution >= 4 is 29.8 Å². The third-order valence-corrected chi connectivity index (χ3v) is 12.9. The first-order chi connectivity index (χ1) is 28.0. The fraction of sp³-hybridized carbons (Fsp3) is 0.578. The van der Waals surface area contributed by atoms with E-state index in [1.165, 1.54) is 26.0 Å². The quantitative estimate of drug-likeness (QED) is 0.149. The molecule has 15 nitrogen and oxygen atoms in total. The Hall–Kier alpha value is -4.67. The van der Waals surface area contributed by atoms with Crippen LogP contribution in [0.1, 0.15) is 97.1 Å². The van der Waals surface area contributed by atoms with Crippen molar-refractivity contribution in [3.8, 4) is 0 Å². The van der Waals surface area contributed by atoms with Crippen molar-refractivity contribution in [1.82, 2.24) is 5.32 Å². The molecule has 6 rings (SSSR count). The summed E-state index contributed by atoms with van der Waals surface area (Å²) in [4.78, 5) is 69.9. The van der Waals surface area contributed by atoms with Gasteiger partial charge in [0.15, 0.2) is 17.5 Å². The van der Waals surface area contributed by atoms with Crippen LogP contribution in [0.4, 0.5) is 4.79 Å². The molecule has 0 aromatic heterocycles. The number of carbonyl (C=O) groups excluding carboxylic acids is 5. The van der Waals surface area contributed by atoms with Gasteiger partial charge in [0.05, 0.1) is 35.6 Å². The van der Waals surface area contributed by atoms with Gasteiger partial charge in [-0.1, -0.05) is 62.4 Å². The first-order valence-corrected chi connectivity index (χ1v) is 20.3. The number of nitrogens with one attached hydrogen (secondary N) is 1. The average molecular weight is 836 g/mol. The van der Waals surface area contributed by atoms with Crippen LogP contribution >= 0.6 is 0 Å². The second kappa shape index (κ2) is 16.3. The number of aliphatic hydroxyl groups excluding tert-OH is 2. The molecule has 15 heteroatoms. The minimum Gasteiger partial charge on any atom is -0.456 e. The van der Waals surface area contributed by atoms with Crippen LogP contribution in [0.3, 0.4) is 0 Å². The molecule has 3 fully saturated rings. The molecule has 1 amide bonds. The highest BCUT2D eigenvalue weighted by Gasteiger charge is 2.78. The van der Waals surface area contributed by atoms with Crippen molar-refractivity contribution in [2.75, 3.05) is 13.2 Å². The van der Waals surface area contributed by atoms with Gasteiger partial charge in [-0.3, -0.25) is 9.59 Å². The van der Waals surface area contributed by atoms with Crippen LogP contribution in [0.15, 0.2) is 71.8 Å². The van der Waals surface area contributed by atoms with E-state index >= 15 is 4.79 Å². The number of amides is 1. The fourth-order valence-electron chi connectivity index (χ4n) is 9.85. The highest BCUT2D eigenvalue weighted by Crippen LogP contribution is 2.64. The van der Waals surface area contributed by atoms with E-state index in [1.807, 2.05) is 0 Å². The molecule has 1 unspecified atom stereocenters. The van der Waals surface area contributed by atoms with E-state index in [0.29, 0.717) is 11.1 Å². The molecule has 1 heterocycles. The van der Waals surface area contributed by atoms with Gasteiger partial charge in [-0.15, -0.1) is 0 Å². The van der Waals surface area contributed by atoms with E-state index in [1.54, 1.807) is 97.0 Å². The third kappa shape index (κ3) is 7.63. The molecule has 0 radical (unpaired) electrons. The van der Waals surface area contributed by atoms with Gasteiger partial charge < -0.3 is 49.1 Å². The first kappa shape index (κ1) is 44.9. The molecule has 60 heavy (non-hydrogen) atoms. The Kier molecular flexibility index (Phi) is 12.2. The van der Waals surface area contributed by atoms with E-state index in [9.17, 15) is 34.5 Å². The van der Waals surface area contributed by atoms with Crippen molar-refractivity contribution in [1.29, 1.82) is 0 Å². The van der Waals surface area contributed by atoms with Crippen LogP contribution in [0.2, 0.25) is 0 Å². The Morgan fingerprint density at radius 2 is 1.60 bits per heavy atom. The largest absolute Gasteiger partial charge is 0.456 e. The van der Waals surface area contributed by atoms with Gasteiger partial charge in [-0.25, -0.2) is 14.4 Å². The van der Waals surface area contributed by atoms with Crippen LogP contribution < -0.4 is 5.32 Å². The second-order valence-corrected chi connectivity index (χ2v) is 18.0. The summed E-state index contributed by atoms with van der Waals surface area (Å²) in [5.74, 6) is -4.88. The predicted octanol–water partition coefficient (Wildman–Crippen LogP) is 4.30. The van der Waals surface area contributed by atoms with E-state index < -0.39 is 112 Å². The molecule has 2 aromatic carbocycles. The lowest BCUT2D eigenvalue weighted by atomic mass is 9.44. The Labute approximate surface area is 349 Å². The smallest absolute Gasteiger partial charge is 0.408 e. The summed E-state index contributed by atoms with van der Waals surface area (Å²) in [5, 5.41) is 40.0. The molecular weight excluding hydrogens is 778 g/mol. The molecule has 2 saturated carbocycles. The standard InChI is InChI=1S/C45H57NO14/c1-10-55-34-31-24(2)28(57-39(52)33(49)32(26-17-13-11-14-18-26)46-40(53)60-41(4,5)6)22-45(54,42(31,7)8)37(58-38(51)27-19-15-12-16-20-27)35-43(9,36(34)50)29(48)21-30-44(35,23-56-30)59-25(3)47/h11-20,28-30,32-35,37,48-49,54H,10,21-23H2,1-9H3,(H,46,53)/t28-,29-,30+,32?,33+,34+,35-,37-,43+,44-,45+/m0/s1. The summed E-state index contributed by atoms with van der Waals surface area (Å²) in [6, 6.07) is 14.9. The number of esters is 3. The Bertz CT molecular complexity index is 2010. The zero-order valence-corrected chi connectivity index (χ0v) is 35.6. The van der Waals surface area contributed by atoms with E-state index in [4.69, 9.17) is 28.4 Å². The van der Waals surface area contributed by atoms with Crippen LogP contribution in [0.25, 0.3) is 0 Å². The first-order valence-electron chi connectivity index (χ1n) is 20.3. The SMILES string of the molecule is CCO[C@H]1C(=O)[C@@]2(C)[C@H]([C@H](OC(=O)c3ccccc3)[C@]3(O)C[C@H](OC(=O)[C@H](O)C(NC(=O)OC(C)(C)C)c4ccccc4)C(C)=C1C3(C)C)[C@]1(OC(C)=O)CO[C@@H]1C[C@@H]2O. The number of hydrogen-bond donors (Lipinski definition) is 4. The van der Waals surface area contributed by atoms with Crippen molar-refractivity contribution in [3.63, 3.8) is 0 Å². The van der Waals surface area contributed by atoms with Crippen LogP contribution in [-0.4, -0.2) is 112 Å². The lowest BCUT2D eigenvalue weighted by Gasteiger charge is -2.67. The molecule has 3 aliphatic carbocycles. The lowest BCUT2D eigenvalue weighted by Crippen LogP contribution is -2.81. The maximum atomic E-state index is 15.5. The maximum absolute atomic E-state index is 15.5. The summed E-state index contributed by atoms with van der Waals surface area (Å²) >= 11 is 0. The molecule has 4 aliphatic rings. The molecule has 2 aromatic rings. The molecular formula is C45H57NO14. The minimum absolute atomic E-state index is 0.00401. The van der Waals surface area contributed by atoms with Gasteiger partial charge in [0.25, 0.3) is 0 Å². The van der Waals surface area contributed by atoms with Crippen molar-refractivity contribution in [2.45, 2.75) is 135 Å². The predicted molar refractivity (Wildman–Crippen MR) is 213 cm³/mol.